The van der Waals surface area contributed by atoms with Crippen molar-refractivity contribution in [3.63, 3.8) is 0 Å². The van der Waals surface area contributed by atoms with Crippen LogP contribution in [0.5, 0.6) is 0 Å². The van der Waals surface area contributed by atoms with Crippen LogP contribution in [0.4, 0.5) is 0 Å². The van der Waals surface area contributed by atoms with E-state index in [1.54, 1.807) is 10.6 Å². The first-order chi connectivity index (χ1) is 13.1. The van der Waals surface area contributed by atoms with Crippen LogP contribution in [0.3, 0.4) is 0 Å². The van der Waals surface area contributed by atoms with Crippen LogP contribution in [0.15, 0.2) is 72.2 Å². The minimum atomic E-state index is -0.709. The molecule has 0 saturated heterocycles. The van der Waals surface area contributed by atoms with Gasteiger partial charge < -0.3 is 14.4 Å². The van der Waals surface area contributed by atoms with Crippen molar-refractivity contribution in [1.29, 1.82) is 0 Å². The predicted molar refractivity (Wildman–Crippen MR) is 113 cm³/mol. The molecule has 1 N–H and O–H groups in total. The number of hydrogen-bond donors (Lipinski definition) is 1. The zero-order valence-corrected chi connectivity index (χ0v) is 16.6. The number of rotatable bonds is 6. The molecule has 0 unspecified atom stereocenters. The molecule has 0 radical (unpaired) electrons. The van der Waals surface area contributed by atoms with Crippen molar-refractivity contribution in [3.8, 4) is 0 Å². The van der Waals surface area contributed by atoms with Crippen LogP contribution in [0.2, 0.25) is 0 Å². The molecule has 0 fully saturated rings. The summed E-state index contributed by atoms with van der Waals surface area (Å²) in [6.45, 7) is 3.35. The van der Waals surface area contributed by atoms with Gasteiger partial charge in [0.2, 0.25) is 5.43 Å². The Bertz CT molecular complexity index is 1040. The number of aliphatic hydroxyl groups is 1. The third-order valence-electron chi connectivity index (χ3n) is 4.24. The van der Waals surface area contributed by atoms with Crippen molar-refractivity contribution in [3.05, 3.63) is 92.3 Å². The number of aromatic nitrogens is 1. The maximum Gasteiger partial charge on any atom is 0.343 e. The highest BCUT2D eigenvalue weighted by molar-refractivity contribution is 14.1. The van der Waals surface area contributed by atoms with E-state index >= 15 is 0 Å². The van der Waals surface area contributed by atoms with E-state index in [1.807, 2.05) is 42.5 Å². The zero-order valence-electron chi connectivity index (χ0n) is 14.5. The van der Waals surface area contributed by atoms with Gasteiger partial charge in [-0.3, -0.25) is 4.79 Å². The van der Waals surface area contributed by atoms with Crippen LogP contribution in [0.1, 0.15) is 22.0 Å². The standard InChI is InChI=1S/C21H18INO4/c1-2-10-27-21(26)17-12-23(19(13-24)14-6-4-3-5-7-14)18-9-8-15(22)11-16(18)20(17)25/h2-9,11-12,19,24H,1,10,13H2/t19-/m0/s1. The Hall–Kier alpha value is -2.45. The average Bonchev–Trinajstić information content (AvgIpc) is 2.69. The molecule has 0 aliphatic rings. The highest BCUT2D eigenvalue weighted by Gasteiger charge is 2.21. The normalized spacial score (nSPS) is 11.9. The molecule has 0 spiro atoms. The molecule has 2 aromatic carbocycles. The fraction of sp³-hybridized carbons (Fsp3) is 0.143. The summed E-state index contributed by atoms with van der Waals surface area (Å²) in [5, 5.41) is 10.5. The molecule has 1 heterocycles. The molecule has 0 saturated carbocycles. The summed E-state index contributed by atoms with van der Waals surface area (Å²) in [7, 11) is 0. The number of carbonyl (C=O) groups excluding carboxylic acids is 1. The first kappa shape index (κ1) is 19.3. The second kappa shape index (κ2) is 8.49. The van der Waals surface area contributed by atoms with Crippen molar-refractivity contribution >= 4 is 39.5 Å². The Morgan fingerprint density at radius 2 is 2.00 bits per heavy atom. The SMILES string of the molecule is C=CCOC(=O)c1cn([C@@H](CO)c2ccccc2)c2ccc(I)cc2c1=O. The van der Waals surface area contributed by atoms with Gasteiger partial charge in [0.15, 0.2) is 0 Å². The minimum absolute atomic E-state index is 0.0186. The summed E-state index contributed by atoms with van der Waals surface area (Å²) in [6.07, 6.45) is 2.91. The van der Waals surface area contributed by atoms with Crippen LogP contribution >= 0.6 is 22.6 Å². The Morgan fingerprint density at radius 3 is 2.67 bits per heavy atom. The molecular formula is C21H18INO4. The lowest BCUT2D eigenvalue weighted by atomic mass is 10.0. The summed E-state index contributed by atoms with van der Waals surface area (Å²) in [5.41, 5.74) is 1.05. The quantitative estimate of drug-likeness (QED) is 0.337. The van der Waals surface area contributed by atoms with E-state index in [0.29, 0.717) is 10.9 Å². The minimum Gasteiger partial charge on any atom is -0.458 e. The fourth-order valence-corrected chi connectivity index (χ4v) is 3.46. The van der Waals surface area contributed by atoms with Crippen molar-refractivity contribution in [2.45, 2.75) is 6.04 Å². The Balaban J connectivity index is 2.27. The topological polar surface area (TPSA) is 68.5 Å². The van der Waals surface area contributed by atoms with Gasteiger partial charge in [0.05, 0.1) is 18.2 Å². The maximum absolute atomic E-state index is 12.9. The summed E-state index contributed by atoms with van der Waals surface area (Å²) in [6, 6.07) is 14.4. The lowest BCUT2D eigenvalue weighted by Gasteiger charge is -2.22. The van der Waals surface area contributed by atoms with E-state index in [2.05, 4.69) is 29.2 Å². The number of halogens is 1. The van der Waals surface area contributed by atoms with Crippen molar-refractivity contribution in [2.75, 3.05) is 13.2 Å². The number of benzene rings is 2. The van der Waals surface area contributed by atoms with Crippen molar-refractivity contribution < 1.29 is 14.6 Å². The van der Waals surface area contributed by atoms with Gasteiger partial charge in [0, 0.05) is 15.2 Å². The zero-order chi connectivity index (χ0) is 19.4. The van der Waals surface area contributed by atoms with Gasteiger partial charge in [-0.2, -0.15) is 0 Å². The van der Waals surface area contributed by atoms with Gasteiger partial charge in [0.1, 0.15) is 12.2 Å². The molecule has 3 aromatic rings. The number of esters is 1. The molecule has 0 aliphatic carbocycles. The van der Waals surface area contributed by atoms with Crippen molar-refractivity contribution in [1.82, 2.24) is 4.57 Å². The van der Waals surface area contributed by atoms with Crippen molar-refractivity contribution in [2.24, 2.45) is 0 Å². The smallest absolute Gasteiger partial charge is 0.343 e. The molecule has 0 aliphatic heterocycles. The number of carbonyl (C=O) groups is 1. The first-order valence-corrected chi connectivity index (χ1v) is 9.43. The second-order valence-corrected chi connectivity index (χ2v) is 7.18. The summed E-state index contributed by atoms with van der Waals surface area (Å²) in [5.74, 6) is -0.709. The molecule has 6 heteroatoms. The van der Waals surface area contributed by atoms with Gasteiger partial charge in [0.25, 0.3) is 0 Å². The lowest BCUT2D eigenvalue weighted by molar-refractivity contribution is 0.0547. The molecule has 0 amide bonds. The number of aliphatic hydroxyl groups excluding tert-OH is 1. The number of pyridine rings is 1. The molecule has 3 rings (SSSR count). The Morgan fingerprint density at radius 1 is 1.26 bits per heavy atom. The van der Waals surface area contributed by atoms with Crippen LogP contribution in [-0.2, 0) is 4.74 Å². The third-order valence-corrected chi connectivity index (χ3v) is 4.91. The third kappa shape index (κ3) is 3.96. The van der Waals surface area contributed by atoms with E-state index in [4.69, 9.17) is 4.74 Å². The number of ether oxygens (including phenoxy) is 1. The molecule has 0 bridgehead atoms. The summed E-state index contributed by atoms with van der Waals surface area (Å²) >= 11 is 2.12. The van der Waals surface area contributed by atoms with E-state index in [-0.39, 0.29) is 18.8 Å². The lowest BCUT2D eigenvalue weighted by Crippen LogP contribution is -2.24. The number of fused-ring (bicyclic) bond motifs is 1. The molecule has 1 atom stereocenters. The predicted octanol–water partition coefficient (Wildman–Crippen LogP) is 3.53. The van der Waals surface area contributed by atoms with Crippen LogP contribution in [0, 0.1) is 3.57 Å². The van der Waals surface area contributed by atoms with E-state index in [9.17, 15) is 14.7 Å². The number of hydrogen-bond acceptors (Lipinski definition) is 4. The van der Waals surface area contributed by atoms with E-state index < -0.39 is 17.4 Å². The second-order valence-electron chi connectivity index (χ2n) is 5.94. The molecule has 138 valence electrons. The Labute approximate surface area is 170 Å². The van der Waals surface area contributed by atoms with Gasteiger partial charge in [-0.25, -0.2) is 4.79 Å². The highest BCUT2D eigenvalue weighted by atomic mass is 127. The summed E-state index contributed by atoms with van der Waals surface area (Å²) < 4.78 is 7.71. The van der Waals surface area contributed by atoms with Crippen LogP contribution < -0.4 is 5.43 Å². The highest BCUT2D eigenvalue weighted by Crippen LogP contribution is 2.24. The molecule has 27 heavy (non-hydrogen) atoms. The molecular weight excluding hydrogens is 457 g/mol. The monoisotopic (exact) mass is 475 g/mol. The fourth-order valence-electron chi connectivity index (χ4n) is 2.97. The van der Waals surface area contributed by atoms with Gasteiger partial charge in [-0.05, 0) is 46.4 Å². The van der Waals surface area contributed by atoms with Crippen LogP contribution in [-0.4, -0.2) is 28.9 Å². The van der Waals surface area contributed by atoms with E-state index in [0.717, 1.165) is 9.13 Å². The summed E-state index contributed by atoms with van der Waals surface area (Å²) in [4.78, 5) is 25.3. The largest absolute Gasteiger partial charge is 0.458 e. The number of nitrogens with zero attached hydrogens (tertiary/aromatic N) is 1. The van der Waals surface area contributed by atoms with Gasteiger partial charge in [-0.1, -0.05) is 43.0 Å². The van der Waals surface area contributed by atoms with Crippen LogP contribution in [0.25, 0.3) is 10.9 Å². The first-order valence-electron chi connectivity index (χ1n) is 8.35. The van der Waals surface area contributed by atoms with Gasteiger partial charge in [-0.15, -0.1) is 0 Å². The Kier molecular flexibility index (Phi) is 6.08. The van der Waals surface area contributed by atoms with Gasteiger partial charge >= 0.3 is 5.97 Å². The molecule has 1 aromatic heterocycles. The van der Waals surface area contributed by atoms with E-state index in [1.165, 1.54) is 12.3 Å². The maximum atomic E-state index is 12.9. The molecule has 5 nitrogen and oxygen atoms in total. The average molecular weight is 475 g/mol.